The Bertz CT molecular complexity index is 1330. The first-order chi connectivity index (χ1) is 15.4. The van der Waals surface area contributed by atoms with Crippen molar-refractivity contribution in [3.05, 3.63) is 70.3 Å². The summed E-state index contributed by atoms with van der Waals surface area (Å²) in [5.41, 5.74) is 0.568. The summed E-state index contributed by atoms with van der Waals surface area (Å²) in [4.78, 5) is 31.1. The average Bonchev–Trinajstić information content (AvgIpc) is 3.26. The molecule has 0 bridgehead atoms. The Balaban J connectivity index is 1.50. The van der Waals surface area contributed by atoms with Gasteiger partial charge in [-0.1, -0.05) is 23.4 Å². The van der Waals surface area contributed by atoms with Gasteiger partial charge in [0.2, 0.25) is 11.4 Å². The van der Waals surface area contributed by atoms with E-state index in [4.69, 9.17) is 14.0 Å². The largest absolute Gasteiger partial charge is 0.493 e. The van der Waals surface area contributed by atoms with Crippen LogP contribution in [0.25, 0.3) is 22.3 Å². The molecule has 0 aliphatic carbocycles. The molecule has 2 aromatic heterocycles. The Morgan fingerprint density at radius 2 is 1.97 bits per heavy atom. The van der Waals surface area contributed by atoms with E-state index in [1.165, 1.54) is 25.3 Å². The number of fused-ring (bicyclic) bond motifs is 1. The van der Waals surface area contributed by atoms with Crippen molar-refractivity contribution in [2.45, 2.75) is 13.2 Å². The Morgan fingerprint density at radius 1 is 1.16 bits per heavy atom. The lowest BCUT2D eigenvalue weighted by atomic mass is 10.1. The lowest BCUT2D eigenvalue weighted by Crippen LogP contribution is -2.13. The summed E-state index contributed by atoms with van der Waals surface area (Å²) in [6, 6.07) is 12.1. The van der Waals surface area contributed by atoms with Crippen LogP contribution in [0.1, 0.15) is 16.2 Å². The van der Waals surface area contributed by atoms with Gasteiger partial charge in [-0.05, 0) is 24.3 Å². The highest BCUT2D eigenvalue weighted by atomic mass is 19.3. The van der Waals surface area contributed by atoms with Crippen LogP contribution in [0.2, 0.25) is 0 Å². The first-order valence-electron chi connectivity index (χ1n) is 9.19. The van der Waals surface area contributed by atoms with Crippen LogP contribution in [-0.4, -0.2) is 34.8 Å². The van der Waals surface area contributed by atoms with Crippen LogP contribution in [-0.2, 0) is 11.3 Å². The minimum absolute atomic E-state index is 0.00521. The summed E-state index contributed by atoms with van der Waals surface area (Å²) in [6.07, 6.45) is 0. The third-order valence-corrected chi connectivity index (χ3v) is 4.40. The average molecular weight is 443 g/mol. The molecule has 0 atom stereocenters. The number of para-hydroxylation sites is 1. The number of benzene rings is 2. The number of aromatic amines is 1. The van der Waals surface area contributed by atoms with E-state index >= 15 is 0 Å². The molecular weight excluding hydrogens is 428 g/mol. The van der Waals surface area contributed by atoms with Crippen LogP contribution >= 0.6 is 0 Å². The Kier molecular flexibility index (Phi) is 5.79. The van der Waals surface area contributed by atoms with Crippen LogP contribution < -0.4 is 15.0 Å². The molecule has 32 heavy (non-hydrogen) atoms. The fraction of sp³-hybridized carbons (Fsp3) is 0.143. The third kappa shape index (κ3) is 4.41. The van der Waals surface area contributed by atoms with E-state index in [0.29, 0.717) is 16.5 Å². The molecular formula is C21H15F2N3O6. The molecule has 0 aliphatic rings. The molecule has 0 radical (unpaired) electrons. The molecule has 0 fully saturated rings. The summed E-state index contributed by atoms with van der Waals surface area (Å²) >= 11 is 0. The van der Waals surface area contributed by atoms with Gasteiger partial charge in [0.05, 0.1) is 12.7 Å². The number of methoxy groups -OCH3 is 1. The molecule has 0 spiro atoms. The second-order valence-corrected chi connectivity index (χ2v) is 6.42. The lowest BCUT2D eigenvalue weighted by molar-refractivity contribution is -0.0512. The van der Waals surface area contributed by atoms with Crippen molar-refractivity contribution in [2.24, 2.45) is 0 Å². The number of nitrogens with zero attached hydrogens (tertiary/aromatic N) is 2. The molecule has 0 unspecified atom stereocenters. The van der Waals surface area contributed by atoms with Gasteiger partial charge in [0.15, 0.2) is 18.1 Å². The van der Waals surface area contributed by atoms with Crippen molar-refractivity contribution in [3.8, 4) is 22.9 Å². The number of hydrogen-bond acceptors (Lipinski definition) is 8. The second-order valence-electron chi connectivity index (χ2n) is 6.42. The fourth-order valence-electron chi connectivity index (χ4n) is 3.01. The Morgan fingerprint density at radius 3 is 2.75 bits per heavy atom. The maximum Gasteiger partial charge on any atom is 0.387 e. The van der Waals surface area contributed by atoms with Crippen LogP contribution in [0.3, 0.4) is 0 Å². The summed E-state index contributed by atoms with van der Waals surface area (Å²) in [7, 11) is 1.30. The van der Waals surface area contributed by atoms with Crippen LogP contribution in [0.15, 0.2) is 57.8 Å². The lowest BCUT2D eigenvalue weighted by Gasteiger charge is -2.10. The van der Waals surface area contributed by atoms with E-state index in [1.807, 2.05) is 0 Å². The molecule has 0 saturated heterocycles. The number of hydrogen-bond donors (Lipinski definition) is 1. The number of aromatic nitrogens is 3. The molecule has 0 saturated carbocycles. The van der Waals surface area contributed by atoms with E-state index in [9.17, 15) is 18.4 Å². The highest BCUT2D eigenvalue weighted by molar-refractivity contribution is 6.03. The second kappa shape index (κ2) is 8.84. The van der Waals surface area contributed by atoms with Crippen LogP contribution in [0.4, 0.5) is 8.78 Å². The minimum Gasteiger partial charge on any atom is -0.493 e. The summed E-state index contributed by atoms with van der Waals surface area (Å²) in [6.45, 7) is -3.34. The van der Waals surface area contributed by atoms with Gasteiger partial charge in [-0.25, -0.2) is 4.79 Å². The molecule has 1 N–H and O–H groups in total. The van der Waals surface area contributed by atoms with E-state index < -0.39 is 18.1 Å². The number of carbonyl (C=O) groups excluding carboxylic acids is 1. The standard InChI is InChI=1S/C21H15F2N3O6/c1-29-16-8-11(6-7-15(16)31-21(22)23)19-25-18(32-26-19)10-30-20(28)13-9-17(27)24-14-5-3-2-4-12(13)14/h2-9,21H,10H2,1H3,(H,24,27). The van der Waals surface area contributed by atoms with Gasteiger partial charge in [-0.15, -0.1) is 0 Å². The van der Waals surface area contributed by atoms with Crippen molar-refractivity contribution in [2.75, 3.05) is 7.11 Å². The minimum atomic E-state index is -3.00. The predicted octanol–water partition coefficient (Wildman–Crippen LogP) is 3.55. The van der Waals surface area contributed by atoms with Gasteiger partial charge in [-0.3, -0.25) is 4.79 Å². The van der Waals surface area contributed by atoms with E-state index in [1.54, 1.807) is 24.3 Å². The van der Waals surface area contributed by atoms with Gasteiger partial charge in [0, 0.05) is 22.5 Å². The molecule has 164 valence electrons. The van der Waals surface area contributed by atoms with Gasteiger partial charge < -0.3 is 23.7 Å². The number of ether oxygens (including phenoxy) is 3. The van der Waals surface area contributed by atoms with Crippen molar-refractivity contribution in [1.82, 2.24) is 15.1 Å². The zero-order valence-corrected chi connectivity index (χ0v) is 16.5. The van der Waals surface area contributed by atoms with Crippen molar-refractivity contribution >= 4 is 16.9 Å². The Labute approximate surface area is 178 Å². The highest BCUT2D eigenvalue weighted by Crippen LogP contribution is 2.32. The number of alkyl halides is 2. The number of nitrogens with one attached hydrogen (secondary N) is 1. The zero-order chi connectivity index (χ0) is 22.7. The van der Waals surface area contributed by atoms with Crippen molar-refractivity contribution < 1.29 is 32.3 Å². The monoisotopic (exact) mass is 443 g/mol. The van der Waals surface area contributed by atoms with Crippen LogP contribution in [0, 0.1) is 0 Å². The van der Waals surface area contributed by atoms with E-state index in [0.717, 1.165) is 6.07 Å². The number of H-pyrrole nitrogens is 1. The molecule has 9 nitrogen and oxygen atoms in total. The van der Waals surface area contributed by atoms with Gasteiger partial charge in [-0.2, -0.15) is 13.8 Å². The van der Waals surface area contributed by atoms with Crippen molar-refractivity contribution in [1.29, 1.82) is 0 Å². The number of carbonyl (C=O) groups is 1. The first-order valence-corrected chi connectivity index (χ1v) is 9.19. The first kappa shape index (κ1) is 21.0. The number of rotatable bonds is 7. The number of esters is 1. The molecule has 11 heteroatoms. The smallest absolute Gasteiger partial charge is 0.387 e. The SMILES string of the molecule is COc1cc(-c2noc(COC(=O)c3cc(=O)[nH]c4ccccc34)n2)ccc1OC(F)F. The van der Waals surface area contributed by atoms with Crippen molar-refractivity contribution in [3.63, 3.8) is 0 Å². The summed E-state index contributed by atoms with van der Waals surface area (Å²) < 4.78 is 44.7. The molecule has 0 amide bonds. The molecule has 4 rings (SSSR count). The zero-order valence-electron chi connectivity index (χ0n) is 16.5. The van der Waals surface area contributed by atoms with Gasteiger partial charge >= 0.3 is 12.6 Å². The highest BCUT2D eigenvalue weighted by Gasteiger charge is 2.17. The molecule has 4 aromatic rings. The van der Waals surface area contributed by atoms with Crippen LogP contribution in [0.5, 0.6) is 11.5 Å². The molecule has 2 heterocycles. The third-order valence-electron chi connectivity index (χ3n) is 4.40. The Hall–Kier alpha value is -4.28. The summed E-state index contributed by atoms with van der Waals surface area (Å²) in [5.74, 6) is -0.702. The normalized spacial score (nSPS) is 11.0. The maximum absolute atomic E-state index is 12.5. The van der Waals surface area contributed by atoms with Gasteiger partial charge in [0.1, 0.15) is 0 Å². The molecule has 2 aromatic carbocycles. The number of pyridine rings is 1. The maximum atomic E-state index is 12.5. The molecule has 0 aliphatic heterocycles. The fourth-order valence-corrected chi connectivity index (χ4v) is 3.01. The van der Waals surface area contributed by atoms with Gasteiger partial charge in [0.25, 0.3) is 5.89 Å². The number of halogens is 2. The predicted molar refractivity (Wildman–Crippen MR) is 107 cm³/mol. The summed E-state index contributed by atoms with van der Waals surface area (Å²) in [5, 5.41) is 4.32. The van der Waals surface area contributed by atoms with E-state index in [-0.39, 0.29) is 35.4 Å². The quantitative estimate of drug-likeness (QED) is 0.431. The topological polar surface area (TPSA) is 117 Å². The van der Waals surface area contributed by atoms with E-state index in [2.05, 4.69) is 19.9 Å².